The molecule has 27 heavy (non-hydrogen) atoms. The van der Waals surface area contributed by atoms with Crippen molar-refractivity contribution in [2.45, 2.75) is 18.2 Å². The van der Waals surface area contributed by atoms with Gasteiger partial charge in [0.15, 0.2) is 5.17 Å². The number of aromatic nitrogens is 1. The normalized spacial score (nSPS) is 26.7. The summed E-state index contributed by atoms with van der Waals surface area (Å²) in [6.45, 7) is 2.11. The van der Waals surface area contributed by atoms with E-state index in [-0.39, 0.29) is 23.5 Å². The molecule has 0 amide bonds. The molecule has 4 unspecified atom stereocenters. The maximum Gasteiger partial charge on any atom is 0.154 e. The number of nitrogens with zero attached hydrogens (tertiary/aromatic N) is 3. The van der Waals surface area contributed by atoms with Gasteiger partial charge in [-0.1, -0.05) is 24.8 Å². The van der Waals surface area contributed by atoms with Crippen LogP contribution < -0.4 is 5.73 Å². The summed E-state index contributed by atoms with van der Waals surface area (Å²) in [5, 5.41) is 9.63. The molecule has 2 aliphatic rings. The zero-order valence-electron chi connectivity index (χ0n) is 14.4. The molecule has 2 N–H and O–H groups in total. The lowest BCUT2D eigenvalue weighted by Gasteiger charge is -2.19. The summed E-state index contributed by atoms with van der Waals surface area (Å²) in [5.41, 5.74) is 7.33. The molecular weight excluding hydrogens is 366 g/mol. The van der Waals surface area contributed by atoms with Crippen molar-refractivity contribution in [3.05, 3.63) is 64.7 Å². The van der Waals surface area contributed by atoms with E-state index in [1.807, 2.05) is 6.07 Å². The molecule has 1 aliphatic carbocycles. The Morgan fingerprint density at radius 1 is 1.33 bits per heavy atom. The Balaban J connectivity index is 1.66. The number of benzene rings is 1. The Morgan fingerprint density at radius 3 is 2.85 bits per heavy atom. The lowest BCUT2D eigenvalue weighted by atomic mass is 9.98. The Hall–Kier alpha value is -2.72. The first kappa shape index (κ1) is 17.7. The molecule has 4 atom stereocenters. The lowest BCUT2D eigenvalue weighted by molar-refractivity contribution is 0.539. The highest BCUT2D eigenvalue weighted by atomic mass is 32.2. The number of nitriles is 1. The standard InChI is InChI=1S/C20H16F2N4S/c1-10-17-18(26-20(24)27-19(10)17)13-6-11(2-4-14(13)21)7-15(22)16-5-3-12(8-23)9-25-16/h2-7,9-10,17-19H,1H3,(H2,24,26)/b15-7-. The second-order valence-corrected chi connectivity index (χ2v) is 7.95. The molecule has 0 bridgehead atoms. The topological polar surface area (TPSA) is 75.1 Å². The number of aliphatic imine (C=N–C) groups is 1. The molecule has 0 saturated heterocycles. The molecule has 0 spiro atoms. The number of pyridine rings is 1. The first-order valence-corrected chi connectivity index (χ1v) is 9.39. The number of fused-ring (bicyclic) bond motifs is 1. The fourth-order valence-corrected chi connectivity index (χ4v) is 4.79. The first-order valence-electron chi connectivity index (χ1n) is 8.51. The molecule has 136 valence electrons. The summed E-state index contributed by atoms with van der Waals surface area (Å²) in [4.78, 5) is 8.38. The second kappa shape index (κ2) is 6.78. The molecule has 4 rings (SSSR count). The highest BCUT2D eigenvalue weighted by Gasteiger charge is 2.55. The number of halogens is 2. The largest absolute Gasteiger partial charge is 0.379 e. The van der Waals surface area contributed by atoms with Crippen LogP contribution in [0.2, 0.25) is 0 Å². The van der Waals surface area contributed by atoms with Crippen LogP contribution in [0.15, 0.2) is 41.5 Å². The van der Waals surface area contributed by atoms with Gasteiger partial charge in [-0.3, -0.25) is 9.98 Å². The molecule has 1 aromatic carbocycles. The number of nitrogens with two attached hydrogens (primary N) is 1. The Labute approximate surface area is 159 Å². The summed E-state index contributed by atoms with van der Waals surface area (Å²) < 4.78 is 29.0. The van der Waals surface area contributed by atoms with Crippen LogP contribution in [0, 0.1) is 29.0 Å². The zero-order valence-corrected chi connectivity index (χ0v) is 15.3. The van der Waals surface area contributed by atoms with E-state index in [9.17, 15) is 8.78 Å². The van der Waals surface area contributed by atoms with Crippen molar-refractivity contribution in [1.82, 2.24) is 4.98 Å². The predicted molar refractivity (Wildman–Crippen MR) is 103 cm³/mol. The number of hydrogen-bond acceptors (Lipinski definition) is 5. The summed E-state index contributed by atoms with van der Waals surface area (Å²) in [6.07, 6.45) is 2.61. The fourth-order valence-electron chi connectivity index (χ4n) is 3.48. The fraction of sp³-hybridized carbons (Fsp3) is 0.250. The van der Waals surface area contributed by atoms with Crippen LogP contribution in [-0.4, -0.2) is 15.4 Å². The monoisotopic (exact) mass is 382 g/mol. The van der Waals surface area contributed by atoms with Gasteiger partial charge in [0.1, 0.15) is 17.7 Å². The van der Waals surface area contributed by atoms with Gasteiger partial charge >= 0.3 is 0 Å². The second-order valence-electron chi connectivity index (χ2n) is 6.75. The number of amidine groups is 1. The minimum absolute atomic E-state index is 0.118. The SMILES string of the molecule is CC1C2SC(N)=NC(c3cc(/C=C(\F)c4ccc(C#N)cn4)ccc3F)C12. The van der Waals surface area contributed by atoms with Gasteiger partial charge in [-0.2, -0.15) is 5.26 Å². The van der Waals surface area contributed by atoms with E-state index < -0.39 is 5.83 Å². The summed E-state index contributed by atoms with van der Waals surface area (Å²) in [7, 11) is 0. The van der Waals surface area contributed by atoms with Crippen molar-refractivity contribution in [1.29, 1.82) is 5.26 Å². The van der Waals surface area contributed by atoms with Crippen LogP contribution in [0.1, 0.15) is 35.3 Å². The van der Waals surface area contributed by atoms with E-state index in [2.05, 4.69) is 16.9 Å². The number of hydrogen-bond donors (Lipinski definition) is 1. The van der Waals surface area contributed by atoms with Crippen molar-refractivity contribution in [3.8, 4) is 6.07 Å². The van der Waals surface area contributed by atoms with E-state index in [0.717, 1.165) is 0 Å². The van der Waals surface area contributed by atoms with Gasteiger partial charge in [0.25, 0.3) is 0 Å². The van der Waals surface area contributed by atoms with Crippen molar-refractivity contribution < 1.29 is 8.78 Å². The van der Waals surface area contributed by atoms with Crippen molar-refractivity contribution in [3.63, 3.8) is 0 Å². The molecule has 1 aromatic heterocycles. The summed E-state index contributed by atoms with van der Waals surface area (Å²) in [5.74, 6) is -0.253. The number of rotatable bonds is 3. The van der Waals surface area contributed by atoms with E-state index in [1.165, 1.54) is 36.5 Å². The minimum atomic E-state index is -0.558. The first-order chi connectivity index (χ1) is 13.0. The number of thioether (sulfide) groups is 1. The van der Waals surface area contributed by atoms with Crippen LogP contribution in [0.25, 0.3) is 11.9 Å². The van der Waals surface area contributed by atoms with E-state index in [4.69, 9.17) is 11.0 Å². The van der Waals surface area contributed by atoms with Gasteiger partial charge in [0.2, 0.25) is 0 Å². The van der Waals surface area contributed by atoms with E-state index >= 15 is 0 Å². The predicted octanol–water partition coefficient (Wildman–Crippen LogP) is 4.30. The van der Waals surface area contributed by atoms with Crippen molar-refractivity contribution in [2.24, 2.45) is 22.6 Å². The maximum atomic E-state index is 14.5. The highest BCUT2D eigenvalue weighted by molar-refractivity contribution is 8.14. The van der Waals surface area contributed by atoms with E-state index in [0.29, 0.717) is 33.0 Å². The van der Waals surface area contributed by atoms with Crippen LogP contribution in [0.5, 0.6) is 0 Å². The zero-order chi connectivity index (χ0) is 19.1. The quantitative estimate of drug-likeness (QED) is 0.859. The van der Waals surface area contributed by atoms with Gasteiger partial charge in [-0.25, -0.2) is 8.78 Å². The molecule has 1 fully saturated rings. The summed E-state index contributed by atoms with van der Waals surface area (Å²) >= 11 is 1.54. The van der Waals surface area contributed by atoms with Crippen LogP contribution >= 0.6 is 11.8 Å². The molecule has 1 saturated carbocycles. The minimum Gasteiger partial charge on any atom is -0.379 e. The molecule has 1 aliphatic heterocycles. The van der Waals surface area contributed by atoms with Gasteiger partial charge in [0.05, 0.1) is 17.3 Å². The van der Waals surface area contributed by atoms with Crippen molar-refractivity contribution in [2.75, 3.05) is 0 Å². The average molecular weight is 382 g/mol. The third-order valence-corrected chi connectivity index (χ3v) is 6.38. The molecular formula is C20H16F2N4S. The van der Waals surface area contributed by atoms with Crippen LogP contribution in [0.4, 0.5) is 8.78 Å². The third kappa shape index (κ3) is 3.33. The average Bonchev–Trinajstić information content (AvgIpc) is 3.32. The van der Waals surface area contributed by atoms with Crippen LogP contribution in [-0.2, 0) is 0 Å². The molecule has 7 heteroatoms. The molecule has 4 nitrogen and oxygen atoms in total. The maximum absolute atomic E-state index is 14.5. The molecule has 2 heterocycles. The van der Waals surface area contributed by atoms with E-state index in [1.54, 1.807) is 17.8 Å². The molecule has 2 aromatic rings. The molecule has 0 radical (unpaired) electrons. The van der Waals surface area contributed by atoms with Gasteiger partial charge < -0.3 is 5.73 Å². The Bertz CT molecular complexity index is 994. The van der Waals surface area contributed by atoms with Crippen LogP contribution in [0.3, 0.4) is 0 Å². The van der Waals surface area contributed by atoms with Gasteiger partial charge in [-0.05, 0) is 41.8 Å². The Kier molecular flexibility index (Phi) is 4.44. The summed E-state index contributed by atoms with van der Waals surface area (Å²) in [6, 6.07) is 9.00. The third-order valence-electron chi connectivity index (χ3n) is 5.02. The smallest absolute Gasteiger partial charge is 0.154 e. The van der Waals surface area contributed by atoms with Gasteiger partial charge in [0, 0.05) is 22.9 Å². The Morgan fingerprint density at radius 2 is 2.15 bits per heavy atom. The lowest BCUT2D eigenvalue weighted by Crippen LogP contribution is -2.17. The van der Waals surface area contributed by atoms with Gasteiger partial charge in [-0.15, -0.1) is 0 Å². The highest BCUT2D eigenvalue weighted by Crippen LogP contribution is 2.58. The van der Waals surface area contributed by atoms with Crippen molar-refractivity contribution >= 4 is 28.8 Å².